The number of hydrogen-bond acceptors (Lipinski definition) is 6. The smallest absolute Gasteiger partial charge is 0.270 e. The van der Waals surface area contributed by atoms with Crippen LogP contribution in [0, 0.1) is 17.0 Å². The molecular weight excluding hydrogens is 406 g/mol. The molecule has 0 atom stereocenters. The summed E-state index contributed by atoms with van der Waals surface area (Å²) in [6.45, 7) is 5.84. The Bertz CT molecular complexity index is 1210. The van der Waals surface area contributed by atoms with Gasteiger partial charge in [0.05, 0.1) is 16.8 Å². The molecule has 0 radical (unpaired) electrons. The van der Waals surface area contributed by atoms with Gasteiger partial charge in [0.15, 0.2) is 0 Å². The van der Waals surface area contributed by atoms with E-state index in [1.807, 2.05) is 31.2 Å². The Balaban J connectivity index is 2.00. The van der Waals surface area contributed by atoms with Crippen molar-refractivity contribution < 1.29 is 13.3 Å². The van der Waals surface area contributed by atoms with Crippen LogP contribution in [0.1, 0.15) is 25.1 Å². The summed E-state index contributed by atoms with van der Waals surface area (Å²) in [4.78, 5) is 13.6. The summed E-state index contributed by atoms with van der Waals surface area (Å²) in [5.74, 6) is 0. The number of nitrogens with zero attached hydrogens (tertiary/aromatic N) is 3. The van der Waals surface area contributed by atoms with Gasteiger partial charge in [0.2, 0.25) is 10.0 Å². The topological polar surface area (TPSA) is 121 Å². The molecule has 0 aliphatic carbocycles. The molecule has 9 nitrogen and oxygen atoms in total. The van der Waals surface area contributed by atoms with Gasteiger partial charge in [-0.15, -0.1) is 0 Å². The first-order valence-electron chi connectivity index (χ1n) is 9.44. The Hall–Kier alpha value is -3.24. The number of fused-ring (bicyclic) bond motifs is 1. The first-order valence-corrected chi connectivity index (χ1v) is 10.9. The zero-order chi connectivity index (χ0) is 21.9. The van der Waals surface area contributed by atoms with Crippen molar-refractivity contribution in [3.63, 3.8) is 0 Å². The molecule has 0 aliphatic rings. The van der Waals surface area contributed by atoms with Gasteiger partial charge in [-0.3, -0.25) is 15.5 Å². The summed E-state index contributed by atoms with van der Waals surface area (Å²) >= 11 is 0. The van der Waals surface area contributed by atoms with Gasteiger partial charge in [0.25, 0.3) is 5.69 Å². The zero-order valence-corrected chi connectivity index (χ0v) is 17.7. The predicted molar refractivity (Wildman–Crippen MR) is 117 cm³/mol. The lowest BCUT2D eigenvalue weighted by Gasteiger charge is -2.20. The molecule has 0 aliphatic heterocycles. The van der Waals surface area contributed by atoms with Gasteiger partial charge in [-0.1, -0.05) is 32.0 Å². The van der Waals surface area contributed by atoms with Crippen LogP contribution in [0.4, 0.5) is 11.4 Å². The molecule has 1 aromatic heterocycles. The monoisotopic (exact) mass is 429 g/mol. The molecule has 0 saturated heterocycles. The van der Waals surface area contributed by atoms with Gasteiger partial charge in [0.1, 0.15) is 4.90 Å². The Morgan fingerprint density at radius 1 is 1.20 bits per heavy atom. The zero-order valence-electron chi connectivity index (χ0n) is 16.9. The molecule has 0 fully saturated rings. The fraction of sp³-hybridized carbons (Fsp3) is 0.250. The number of nitro benzene ring substituents is 1. The van der Waals surface area contributed by atoms with E-state index in [4.69, 9.17) is 0 Å². The number of H-pyrrole nitrogens is 1. The second-order valence-corrected chi connectivity index (χ2v) is 8.51. The molecule has 0 saturated carbocycles. The molecule has 10 heteroatoms. The Labute approximate surface area is 174 Å². The van der Waals surface area contributed by atoms with Crippen LogP contribution in [-0.2, 0) is 10.0 Å². The number of hydrogen-bond donors (Lipinski definition) is 2. The molecule has 3 aromatic rings. The van der Waals surface area contributed by atoms with Crippen molar-refractivity contribution in [2.45, 2.75) is 25.7 Å². The highest BCUT2D eigenvalue weighted by atomic mass is 32.2. The molecule has 158 valence electrons. The first kappa shape index (κ1) is 21.5. The third-order valence-electron chi connectivity index (χ3n) is 4.82. The second kappa shape index (κ2) is 8.64. The minimum atomic E-state index is -3.93. The Kier molecular flexibility index (Phi) is 6.18. The standard InChI is InChI=1S/C20H23N5O4S/c1-4-24(5-2)30(28,29)20-12-15(25(26)27)10-11-19(20)23-21-13-17-14(3)22-18-9-7-6-8-16(17)18/h6-13,22-23H,4-5H2,1-3H3. The number of para-hydroxylation sites is 1. The van der Waals surface area contributed by atoms with Crippen molar-refractivity contribution in [3.05, 3.63) is 63.8 Å². The number of hydrazone groups is 1. The van der Waals surface area contributed by atoms with Crippen LogP contribution < -0.4 is 5.43 Å². The van der Waals surface area contributed by atoms with Crippen LogP contribution >= 0.6 is 0 Å². The van der Waals surface area contributed by atoms with Gasteiger partial charge in [-0.05, 0) is 19.1 Å². The Morgan fingerprint density at radius 3 is 2.57 bits per heavy atom. The largest absolute Gasteiger partial charge is 0.358 e. The summed E-state index contributed by atoms with van der Waals surface area (Å²) in [7, 11) is -3.93. The fourth-order valence-electron chi connectivity index (χ4n) is 3.26. The number of rotatable bonds is 8. The predicted octanol–water partition coefficient (Wildman–Crippen LogP) is 3.86. The molecule has 0 amide bonds. The summed E-state index contributed by atoms with van der Waals surface area (Å²) in [6, 6.07) is 11.4. The normalized spacial score (nSPS) is 12.1. The molecular formula is C20H23N5O4S. The number of aromatic nitrogens is 1. The van der Waals surface area contributed by atoms with Gasteiger partial charge in [0, 0.05) is 47.4 Å². The quantitative estimate of drug-likeness (QED) is 0.320. The highest BCUT2D eigenvalue weighted by Crippen LogP contribution is 2.29. The molecule has 3 rings (SSSR count). The van der Waals surface area contributed by atoms with E-state index in [1.54, 1.807) is 20.1 Å². The van der Waals surface area contributed by atoms with E-state index in [0.717, 1.165) is 28.2 Å². The van der Waals surface area contributed by atoms with Gasteiger partial charge >= 0.3 is 0 Å². The second-order valence-electron chi connectivity index (χ2n) is 6.61. The van der Waals surface area contributed by atoms with Crippen molar-refractivity contribution in [3.8, 4) is 0 Å². The average Bonchev–Trinajstić information content (AvgIpc) is 3.04. The Morgan fingerprint density at radius 2 is 1.90 bits per heavy atom. The SMILES string of the molecule is CCN(CC)S(=O)(=O)c1cc([N+](=O)[O-])ccc1NN=Cc1c(C)[nH]c2ccccc12. The number of anilines is 1. The van der Waals surface area contributed by atoms with E-state index in [2.05, 4.69) is 15.5 Å². The summed E-state index contributed by atoms with van der Waals surface area (Å²) in [6.07, 6.45) is 1.60. The third-order valence-corrected chi connectivity index (χ3v) is 6.91. The van der Waals surface area contributed by atoms with Crippen LogP contribution in [0.15, 0.2) is 52.5 Å². The molecule has 1 heterocycles. The summed E-state index contributed by atoms with van der Waals surface area (Å²) in [5, 5.41) is 16.4. The average molecular weight is 430 g/mol. The number of nitro groups is 1. The lowest BCUT2D eigenvalue weighted by Crippen LogP contribution is -2.31. The number of aromatic amines is 1. The number of non-ortho nitro benzene ring substituents is 1. The number of nitrogens with one attached hydrogen (secondary N) is 2. The number of sulfonamides is 1. The van der Waals surface area contributed by atoms with E-state index in [-0.39, 0.29) is 29.4 Å². The maximum Gasteiger partial charge on any atom is 0.270 e. The minimum absolute atomic E-state index is 0.168. The third kappa shape index (κ3) is 4.05. The van der Waals surface area contributed by atoms with Crippen LogP contribution in [0.3, 0.4) is 0 Å². The molecule has 30 heavy (non-hydrogen) atoms. The van der Waals surface area contributed by atoms with Crippen molar-refractivity contribution in [1.82, 2.24) is 9.29 Å². The van der Waals surface area contributed by atoms with Crippen molar-refractivity contribution in [2.75, 3.05) is 18.5 Å². The van der Waals surface area contributed by atoms with E-state index in [1.165, 1.54) is 16.4 Å². The maximum atomic E-state index is 13.0. The van der Waals surface area contributed by atoms with Gasteiger partial charge in [-0.2, -0.15) is 9.41 Å². The maximum absolute atomic E-state index is 13.0. The fourth-order valence-corrected chi connectivity index (χ4v) is 4.88. The molecule has 0 bridgehead atoms. The molecule has 0 unspecified atom stereocenters. The van der Waals surface area contributed by atoms with E-state index in [0.29, 0.717) is 0 Å². The lowest BCUT2D eigenvalue weighted by atomic mass is 10.1. The van der Waals surface area contributed by atoms with Gasteiger partial charge < -0.3 is 4.98 Å². The summed E-state index contributed by atoms with van der Waals surface area (Å²) < 4.78 is 27.3. The molecule has 0 spiro atoms. The van der Waals surface area contributed by atoms with Crippen LogP contribution in [0.2, 0.25) is 0 Å². The molecule has 2 N–H and O–H groups in total. The minimum Gasteiger partial charge on any atom is -0.358 e. The first-order chi connectivity index (χ1) is 14.3. The van der Waals surface area contributed by atoms with E-state index < -0.39 is 14.9 Å². The number of aryl methyl sites for hydroxylation is 1. The lowest BCUT2D eigenvalue weighted by molar-refractivity contribution is -0.385. The summed E-state index contributed by atoms with van der Waals surface area (Å²) in [5.41, 5.74) is 5.37. The van der Waals surface area contributed by atoms with Crippen LogP contribution in [0.25, 0.3) is 10.9 Å². The van der Waals surface area contributed by atoms with Crippen LogP contribution in [-0.4, -0.2) is 41.9 Å². The van der Waals surface area contributed by atoms with Crippen molar-refractivity contribution >= 4 is 38.5 Å². The number of benzene rings is 2. The van der Waals surface area contributed by atoms with Crippen molar-refractivity contribution in [1.29, 1.82) is 0 Å². The van der Waals surface area contributed by atoms with E-state index >= 15 is 0 Å². The van der Waals surface area contributed by atoms with Crippen molar-refractivity contribution in [2.24, 2.45) is 5.10 Å². The highest BCUT2D eigenvalue weighted by molar-refractivity contribution is 7.89. The van der Waals surface area contributed by atoms with Crippen LogP contribution in [0.5, 0.6) is 0 Å². The molecule has 2 aromatic carbocycles. The highest BCUT2D eigenvalue weighted by Gasteiger charge is 2.27. The van der Waals surface area contributed by atoms with Gasteiger partial charge in [-0.25, -0.2) is 8.42 Å². The van der Waals surface area contributed by atoms with E-state index in [9.17, 15) is 18.5 Å².